The lowest BCUT2D eigenvalue weighted by atomic mass is 10.1. The lowest BCUT2D eigenvalue weighted by Crippen LogP contribution is -2.07. The van der Waals surface area contributed by atoms with Crippen molar-refractivity contribution < 1.29 is 0 Å². The van der Waals surface area contributed by atoms with Gasteiger partial charge in [0.2, 0.25) is 0 Å². The van der Waals surface area contributed by atoms with Crippen LogP contribution in [0.3, 0.4) is 0 Å². The van der Waals surface area contributed by atoms with Gasteiger partial charge in [0.1, 0.15) is 11.4 Å². The normalized spacial score (nSPS) is 11.7. The largest absolute Gasteiger partial charge is 0.290 e. The van der Waals surface area contributed by atoms with Crippen molar-refractivity contribution in [2.24, 2.45) is 0 Å². The van der Waals surface area contributed by atoms with Crippen molar-refractivity contribution in [1.82, 2.24) is 38.6 Å². The lowest BCUT2D eigenvalue weighted by Gasteiger charge is -2.15. The molecule has 0 saturated heterocycles. The van der Waals surface area contributed by atoms with Gasteiger partial charge in [0, 0.05) is 16.5 Å². The van der Waals surface area contributed by atoms with Gasteiger partial charge in [-0.05, 0) is 77.5 Å². The van der Waals surface area contributed by atoms with Crippen LogP contribution in [0.2, 0.25) is 0 Å². The molecule has 0 bridgehead atoms. The third-order valence-corrected chi connectivity index (χ3v) is 11.1. The number of nitrogens with zero attached hydrogens (tertiary/aromatic N) is 8. The van der Waals surface area contributed by atoms with E-state index in [-0.39, 0.29) is 0 Å². The molecule has 0 atom stereocenters. The number of hydrogen-bond donors (Lipinski definition) is 0. The Kier molecular flexibility index (Phi) is 7.36. The molecule has 0 saturated carbocycles. The van der Waals surface area contributed by atoms with Crippen LogP contribution in [0.1, 0.15) is 0 Å². The van der Waals surface area contributed by atoms with E-state index >= 15 is 0 Å². The van der Waals surface area contributed by atoms with E-state index in [1.807, 2.05) is 54.6 Å². The maximum absolute atomic E-state index is 5.43. The molecule has 0 aliphatic carbocycles. The number of hydrogen-bond acceptors (Lipinski definition) is 5. The van der Waals surface area contributed by atoms with Gasteiger partial charge in [-0.2, -0.15) is 0 Å². The second-order valence-electron chi connectivity index (χ2n) is 14.6. The van der Waals surface area contributed by atoms with Crippen molar-refractivity contribution in [1.29, 1.82) is 0 Å². The summed E-state index contributed by atoms with van der Waals surface area (Å²) >= 11 is 0. The number of imidazole rings is 3. The Bertz CT molecular complexity index is 3390. The minimum atomic E-state index is 0.450. The number of aromatic nitrogens is 8. The molecule has 59 heavy (non-hydrogen) atoms. The first-order chi connectivity index (χ1) is 29.3. The smallest absolute Gasteiger partial charge is 0.197 e. The summed E-state index contributed by atoms with van der Waals surface area (Å²) in [6.45, 7) is 0. The van der Waals surface area contributed by atoms with Crippen molar-refractivity contribution in [2.45, 2.75) is 0 Å². The maximum Gasteiger partial charge on any atom is 0.197 e. The molecule has 8 heteroatoms. The average molecular weight is 757 g/mol. The molecular formula is C51H32N8. The van der Waals surface area contributed by atoms with Gasteiger partial charge in [0.25, 0.3) is 0 Å². The molecule has 8 aromatic carbocycles. The Morgan fingerprint density at radius 2 is 0.712 bits per heavy atom. The predicted octanol–water partition coefficient (Wildman–Crippen LogP) is 11.8. The minimum absolute atomic E-state index is 0.450. The molecule has 0 unspecified atom stereocenters. The summed E-state index contributed by atoms with van der Waals surface area (Å²) in [5.74, 6) is 2.43. The van der Waals surface area contributed by atoms with Crippen LogP contribution >= 0.6 is 0 Å². The third kappa shape index (κ3) is 5.27. The van der Waals surface area contributed by atoms with E-state index in [0.29, 0.717) is 34.7 Å². The summed E-state index contributed by atoms with van der Waals surface area (Å²) in [4.78, 5) is 26.8. The Morgan fingerprint density at radius 3 is 1.24 bits per heavy atom. The summed E-state index contributed by atoms with van der Waals surface area (Å²) in [7, 11) is 0. The monoisotopic (exact) mass is 756 g/mol. The standard InChI is InChI=1S/C51H32N8/c1-2-20-35(21-3-1)57-45-27-11-8-24-38(45)56-51(57)48-52-41(49-54-39-25-9-12-28-46(39)58(49)43-30-14-18-33-16-4-6-22-36(33)43)32-42(53-48)50-55-40-26-10-13-29-47(40)59(50)44-31-15-19-34-17-5-7-23-37(34)44/h1-32H. The van der Waals surface area contributed by atoms with Crippen LogP contribution in [0, 0.1) is 0 Å². The van der Waals surface area contributed by atoms with Crippen molar-refractivity contribution in [3.8, 4) is 51.7 Å². The van der Waals surface area contributed by atoms with E-state index in [2.05, 4.69) is 153 Å². The van der Waals surface area contributed by atoms with E-state index in [1.165, 1.54) is 0 Å². The van der Waals surface area contributed by atoms with Crippen LogP contribution in [-0.2, 0) is 0 Å². The molecule has 4 aromatic heterocycles. The summed E-state index contributed by atoms with van der Waals surface area (Å²) in [6.07, 6.45) is 0. The first-order valence-corrected chi connectivity index (χ1v) is 19.6. The molecule has 0 aliphatic heterocycles. The van der Waals surface area contributed by atoms with Crippen LogP contribution in [0.4, 0.5) is 0 Å². The molecular weight excluding hydrogens is 725 g/mol. The van der Waals surface area contributed by atoms with E-state index in [9.17, 15) is 0 Å². The van der Waals surface area contributed by atoms with Gasteiger partial charge in [-0.1, -0.05) is 127 Å². The minimum Gasteiger partial charge on any atom is -0.290 e. The maximum atomic E-state index is 5.43. The molecule has 8 nitrogen and oxygen atoms in total. The SMILES string of the molecule is c1ccc(-n2c(-c3nc(-c4nc5ccccc5n4-c4cccc5ccccc45)cc(-c4nc5ccccc5n4-c4cccc5ccccc45)n3)nc3ccccc32)cc1. The number of rotatable bonds is 6. The molecule has 12 aromatic rings. The highest BCUT2D eigenvalue weighted by Gasteiger charge is 2.25. The average Bonchev–Trinajstić information content (AvgIpc) is 4.01. The molecule has 276 valence electrons. The van der Waals surface area contributed by atoms with Gasteiger partial charge in [-0.15, -0.1) is 0 Å². The number of para-hydroxylation sites is 7. The predicted molar refractivity (Wildman–Crippen MR) is 237 cm³/mol. The fraction of sp³-hybridized carbons (Fsp3) is 0. The fourth-order valence-electron chi connectivity index (χ4n) is 8.48. The molecule has 0 N–H and O–H groups in total. The highest BCUT2D eigenvalue weighted by atomic mass is 15.2. The zero-order valence-electron chi connectivity index (χ0n) is 31.6. The highest BCUT2D eigenvalue weighted by molar-refractivity contribution is 5.96. The van der Waals surface area contributed by atoms with Gasteiger partial charge in [0.15, 0.2) is 23.3 Å². The fourth-order valence-corrected chi connectivity index (χ4v) is 8.48. The number of benzene rings is 8. The molecule has 0 radical (unpaired) electrons. The Hall–Kier alpha value is -8.23. The van der Waals surface area contributed by atoms with Crippen molar-refractivity contribution >= 4 is 54.6 Å². The van der Waals surface area contributed by atoms with Crippen molar-refractivity contribution in [3.63, 3.8) is 0 Å². The van der Waals surface area contributed by atoms with Gasteiger partial charge in [0.05, 0.1) is 44.5 Å². The second-order valence-corrected chi connectivity index (χ2v) is 14.6. The van der Waals surface area contributed by atoms with Crippen LogP contribution in [0.15, 0.2) is 194 Å². The summed E-state index contributed by atoms with van der Waals surface area (Å²) in [5, 5.41) is 4.49. The quantitative estimate of drug-likeness (QED) is 0.169. The first-order valence-electron chi connectivity index (χ1n) is 19.6. The molecule has 4 heterocycles. The van der Waals surface area contributed by atoms with Crippen molar-refractivity contribution in [2.75, 3.05) is 0 Å². The van der Waals surface area contributed by atoms with Crippen LogP contribution in [-0.4, -0.2) is 38.6 Å². The molecule has 0 aliphatic rings. The molecule has 0 amide bonds. The zero-order valence-corrected chi connectivity index (χ0v) is 31.6. The Morgan fingerprint density at radius 1 is 0.305 bits per heavy atom. The second kappa shape index (κ2) is 13.2. The van der Waals surface area contributed by atoms with Gasteiger partial charge in [-0.3, -0.25) is 13.7 Å². The molecule has 0 spiro atoms. The lowest BCUT2D eigenvalue weighted by molar-refractivity contribution is 1.02. The van der Waals surface area contributed by atoms with Gasteiger partial charge >= 0.3 is 0 Å². The van der Waals surface area contributed by atoms with Gasteiger partial charge in [-0.25, -0.2) is 24.9 Å². The summed E-state index contributed by atoms with van der Waals surface area (Å²) in [6, 6.07) is 66.7. The molecule has 12 rings (SSSR count). The topological polar surface area (TPSA) is 79.2 Å². The van der Waals surface area contributed by atoms with E-state index < -0.39 is 0 Å². The zero-order chi connectivity index (χ0) is 38.9. The first kappa shape index (κ1) is 33.0. The number of fused-ring (bicyclic) bond motifs is 5. The highest BCUT2D eigenvalue weighted by Crippen LogP contribution is 2.37. The van der Waals surface area contributed by atoms with Crippen LogP contribution in [0.25, 0.3) is 106 Å². The summed E-state index contributed by atoms with van der Waals surface area (Å²) in [5.41, 5.74) is 9.70. The Labute approximate surface area is 338 Å². The van der Waals surface area contributed by atoms with E-state index in [1.54, 1.807) is 0 Å². The summed E-state index contributed by atoms with van der Waals surface area (Å²) < 4.78 is 6.59. The van der Waals surface area contributed by atoms with Crippen molar-refractivity contribution in [3.05, 3.63) is 194 Å². The third-order valence-electron chi connectivity index (χ3n) is 11.1. The van der Waals surface area contributed by atoms with Gasteiger partial charge < -0.3 is 0 Å². The van der Waals surface area contributed by atoms with Crippen LogP contribution < -0.4 is 0 Å². The van der Waals surface area contributed by atoms with Crippen LogP contribution in [0.5, 0.6) is 0 Å². The molecule has 0 fully saturated rings. The van der Waals surface area contributed by atoms with E-state index in [4.69, 9.17) is 24.9 Å². The Balaban J connectivity index is 1.20. The van der Waals surface area contributed by atoms with E-state index in [0.717, 1.165) is 71.7 Å².